The van der Waals surface area contributed by atoms with Gasteiger partial charge in [0, 0.05) is 11.3 Å². The highest BCUT2D eigenvalue weighted by molar-refractivity contribution is 5.94. The van der Waals surface area contributed by atoms with Crippen molar-refractivity contribution in [3.8, 4) is 5.75 Å². The molecule has 2 amide bonds. The van der Waals surface area contributed by atoms with Crippen LogP contribution in [0.15, 0.2) is 48.5 Å². The van der Waals surface area contributed by atoms with E-state index in [4.69, 9.17) is 4.74 Å². The van der Waals surface area contributed by atoms with E-state index >= 15 is 0 Å². The number of anilines is 1. The molecule has 160 valence electrons. The fourth-order valence-electron chi connectivity index (χ4n) is 3.55. The molecule has 0 unspecified atom stereocenters. The molecule has 7 nitrogen and oxygen atoms in total. The summed E-state index contributed by atoms with van der Waals surface area (Å²) in [6.45, 7) is 5.06. The summed E-state index contributed by atoms with van der Waals surface area (Å²) in [4.78, 5) is 26.8. The molecule has 0 aromatic heterocycles. The molecule has 1 fully saturated rings. The molecule has 0 aliphatic carbocycles. The predicted molar refractivity (Wildman–Crippen MR) is 111 cm³/mol. The molecule has 0 saturated carbocycles. The van der Waals surface area contributed by atoms with Gasteiger partial charge in [0.1, 0.15) is 44.3 Å². The molecular weight excluding hydrogens is 387 g/mol. The fraction of sp³-hybridized carbons (Fsp3) is 0.364. The zero-order valence-corrected chi connectivity index (χ0v) is 17.2. The third kappa shape index (κ3) is 6.82. The minimum absolute atomic E-state index is 0.0989. The van der Waals surface area contributed by atoms with Crippen molar-refractivity contribution >= 4 is 17.5 Å². The van der Waals surface area contributed by atoms with Gasteiger partial charge in [0.25, 0.3) is 5.91 Å². The Balaban J connectivity index is 1.33. The number of hydrogen-bond donors (Lipinski definition) is 4. The number of rotatable bonds is 8. The summed E-state index contributed by atoms with van der Waals surface area (Å²) in [6.07, 6.45) is 0. The second-order valence-corrected chi connectivity index (χ2v) is 7.53. The standard InChI is InChI=1S/C22H27FN4O3/c1-30-20-8-2-17(3-9-20)15-26-10-12-27(13-11-26)16-22(29)24-14-21(28)25-19-6-4-18(23)5-7-19/h2-9H,10-16H2,1H3,(H,24,29)(H,25,28)/p+2. The van der Waals surface area contributed by atoms with E-state index in [1.807, 2.05) is 12.1 Å². The minimum atomic E-state index is -0.366. The van der Waals surface area contributed by atoms with Crippen LogP contribution < -0.4 is 25.2 Å². The third-order valence-corrected chi connectivity index (χ3v) is 5.26. The van der Waals surface area contributed by atoms with Crippen molar-refractivity contribution in [3.63, 3.8) is 0 Å². The summed E-state index contributed by atoms with van der Waals surface area (Å²) < 4.78 is 18.1. The quantitative estimate of drug-likeness (QED) is 0.440. The highest BCUT2D eigenvalue weighted by atomic mass is 19.1. The van der Waals surface area contributed by atoms with Crippen LogP contribution in [0.25, 0.3) is 0 Å². The van der Waals surface area contributed by atoms with E-state index in [-0.39, 0.29) is 24.2 Å². The average Bonchev–Trinajstić information content (AvgIpc) is 2.76. The first-order valence-corrected chi connectivity index (χ1v) is 10.1. The average molecular weight is 416 g/mol. The van der Waals surface area contributed by atoms with Crippen LogP contribution in [0.5, 0.6) is 5.75 Å². The van der Waals surface area contributed by atoms with Crippen LogP contribution in [0.2, 0.25) is 0 Å². The van der Waals surface area contributed by atoms with Gasteiger partial charge in [-0.05, 0) is 48.5 Å². The fourth-order valence-corrected chi connectivity index (χ4v) is 3.55. The molecule has 0 radical (unpaired) electrons. The van der Waals surface area contributed by atoms with Gasteiger partial charge in [-0.3, -0.25) is 9.59 Å². The number of piperazine rings is 1. The Hall–Kier alpha value is -2.97. The van der Waals surface area contributed by atoms with E-state index in [0.29, 0.717) is 12.2 Å². The molecular formula is C22H29FN4O3+2. The van der Waals surface area contributed by atoms with Gasteiger partial charge in [-0.15, -0.1) is 0 Å². The number of nitrogens with one attached hydrogen (secondary N) is 4. The van der Waals surface area contributed by atoms with Crippen LogP contribution in [0, 0.1) is 5.82 Å². The smallest absolute Gasteiger partial charge is 0.275 e. The lowest BCUT2D eigenvalue weighted by molar-refractivity contribution is -1.02. The number of ether oxygens (including phenoxy) is 1. The van der Waals surface area contributed by atoms with Crippen molar-refractivity contribution in [2.45, 2.75) is 6.54 Å². The minimum Gasteiger partial charge on any atom is -0.497 e. The van der Waals surface area contributed by atoms with Crippen molar-refractivity contribution < 1.29 is 28.5 Å². The second-order valence-electron chi connectivity index (χ2n) is 7.53. The Morgan fingerprint density at radius 2 is 1.57 bits per heavy atom. The summed E-state index contributed by atoms with van der Waals surface area (Å²) in [5, 5.41) is 5.28. The monoisotopic (exact) mass is 416 g/mol. The first kappa shape index (κ1) is 21.7. The van der Waals surface area contributed by atoms with E-state index in [1.54, 1.807) is 7.11 Å². The normalized spacial score (nSPS) is 18.5. The number of methoxy groups -OCH3 is 1. The molecule has 8 heteroatoms. The Labute approximate surface area is 175 Å². The first-order valence-electron chi connectivity index (χ1n) is 10.1. The van der Waals surface area contributed by atoms with E-state index < -0.39 is 0 Å². The largest absolute Gasteiger partial charge is 0.497 e. The molecule has 3 rings (SSSR count). The topological polar surface area (TPSA) is 76.3 Å². The van der Waals surface area contributed by atoms with Crippen LogP contribution in [-0.4, -0.2) is 58.2 Å². The van der Waals surface area contributed by atoms with E-state index in [0.717, 1.165) is 38.5 Å². The maximum absolute atomic E-state index is 12.9. The number of benzene rings is 2. The number of carbonyl (C=O) groups is 2. The number of carbonyl (C=O) groups excluding carboxylic acids is 2. The van der Waals surface area contributed by atoms with Gasteiger partial charge in [0.2, 0.25) is 5.91 Å². The lowest BCUT2D eigenvalue weighted by atomic mass is 10.2. The lowest BCUT2D eigenvalue weighted by Crippen LogP contribution is -3.28. The third-order valence-electron chi connectivity index (χ3n) is 5.26. The van der Waals surface area contributed by atoms with Crippen LogP contribution in [0.4, 0.5) is 10.1 Å². The summed E-state index contributed by atoms with van der Waals surface area (Å²) in [5.41, 5.74) is 1.77. The Bertz CT molecular complexity index is 834. The molecule has 2 aromatic rings. The van der Waals surface area contributed by atoms with Crippen molar-refractivity contribution in [2.75, 3.05) is 51.7 Å². The van der Waals surface area contributed by atoms with Crippen LogP contribution in [0.1, 0.15) is 5.56 Å². The molecule has 0 spiro atoms. The highest BCUT2D eigenvalue weighted by Gasteiger charge is 2.25. The van der Waals surface area contributed by atoms with E-state index in [1.165, 1.54) is 39.6 Å². The van der Waals surface area contributed by atoms with Crippen molar-refractivity contribution in [2.24, 2.45) is 0 Å². The Kier molecular flexibility index (Phi) is 7.75. The lowest BCUT2D eigenvalue weighted by Gasteiger charge is -2.29. The molecule has 1 aliphatic rings. The van der Waals surface area contributed by atoms with E-state index in [9.17, 15) is 14.0 Å². The molecule has 2 aromatic carbocycles. The van der Waals surface area contributed by atoms with Gasteiger partial charge >= 0.3 is 0 Å². The van der Waals surface area contributed by atoms with Crippen LogP contribution in [-0.2, 0) is 16.1 Å². The SMILES string of the molecule is COc1ccc(C[NH+]2CC[NH+](CC(=O)NCC(=O)Nc3ccc(F)cc3)CC2)cc1. The number of amides is 2. The van der Waals surface area contributed by atoms with Crippen molar-refractivity contribution in [1.82, 2.24) is 5.32 Å². The Morgan fingerprint density at radius 3 is 2.20 bits per heavy atom. The van der Waals surface area contributed by atoms with Gasteiger partial charge in [0.05, 0.1) is 13.7 Å². The summed E-state index contributed by atoms with van der Waals surface area (Å²) >= 11 is 0. The summed E-state index contributed by atoms with van der Waals surface area (Å²) in [7, 11) is 1.66. The molecule has 30 heavy (non-hydrogen) atoms. The number of quaternary nitrogens is 2. The second kappa shape index (κ2) is 10.7. The van der Waals surface area contributed by atoms with Gasteiger partial charge in [-0.1, -0.05) is 0 Å². The molecule has 0 bridgehead atoms. The molecule has 4 N–H and O–H groups in total. The van der Waals surface area contributed by atoms with Gasteiger partial charge in [-0.25, -0.2) is 4.39 Å². The predicted octanol–water partition coefficient (Wildman–Crippen LogP) is -1.13. The zero-order chi connectivity index (χ0) is 21.3. The van der Waals surface area contributed by atoms with Crippen molar-refractivity contribution in [1.29, 1.82) is 0 Å². The number of halogens is 1. The van der Waals surface area contributed by atoms with Crippen LogP contribution in [0.3, 0.4) is 0 Å². The van der Waals surface area contributed by atoms with Crippen molar-refractivity contribution in [3.05, 3.63) is 59.9 Å². The first-order chi connectivity index (χ1) is 14.5. The summed E-state index contributed by atoms with van der Waals surface area (Å²) in [5.74, 6) is 0.0205. The maximum Gasteiger partial charge on any atom is 0.275 e. The van der Waals surface area contributed by atoms with Gasteiger partial charge in [-0.2, -0.15) is 0 Å². The number of hydrogen-bond acceptors (Lipinski definition) is 3. The summed E-state index contributed by atoms with van der Waals surface area (Å²) in [6, 6.07) is 13.6. The molecule has 1 aliphatic heterocycles. The van der Waals surface area contributed by atoms with Crippen LogP contribution >= 0.6 is 0 Å². The zero-order valence-electron chi connectivity index (χ0n) is 17.2. The maximum atomic E-state index is 12.9. The molecule has 1 heterocycles. The molecule has 0 atom stereocenters. The van der Waals surface area contributed by atoms with Gasteiger partial charge < -0.3 is 25.2 Å². The molecule has 1 saturated heterocycles. The van der Waals surface area contributed by atoms with Gasteiger partial charge in [0.15, 0.2) is 6.54 Å². The van der Waals surface area contributed by atoms with E-state index in [2.05, 4.69) is 22.8 Å². The Morgan fingerprint density at radius 1 is 0.933 bits per heavy atom. The highest BCUT2D eigenvalue weighted by Crippen LogP contribution is 2.10.